The van der Waals surface area contributed by atoms with Crippen molar-refractivity contribution in [2.45, 2.75) is 26.2 Å². The standard InChI is InChI=1S/C16H27N3O/c1-4-5-13-19(3)15-9-7-14(8-10-15)16(20)18-12-6-11-17-2/h7-10,17H,4-6,11-13H2,1-3H3,(H,18,20). The highest BCUT2D eigenvalue weighted by Crippen LogP contribution is 2.14. The maximum absolute atomic E-state index is 11.9. The Bertz CT molecular complexity index is 389. The van der Waals surface area contributed by atoms with Crippen LogP contribution < -0.4 is 15.5 Å². The van der Waals surface area contributed by atoms with Gasteiger partial charge in [0, 0.05) is 31.4 Å². The Hall–Kier alpha value is -1.55. The van der Waals surface area contributed by atoms with Gasteiger partial charge in [0.15, 0.2) is 0 Å². The number of nitrogens with zero attached hydrogens (tertiary/aromatic N) is 1. The minimum atomic E-state index is 0.00358. The van der Waals surface area contributed by atoms with Crippen molar-refractivity contribution in [2.24, 2.45) is 0 Å². The molecule has 4 heteroatoms. The number of benzene rings is 1. The lowest BCUT2D eigenvalue weighted by Gasteiger charge is -2.19. The van der Waals surface area contributed by atoms with Gasteiger partial charge in [-0.25, -0.2) is 0 Å². The summed E-state index contributed by atoms with van der Waals surface area (Å²) >= 11 is 0. The molecule has 1 aromatic carbocycles. The Kier molecular flexibility index (Phi) is 7.73. The summed E-state index contributed by atoms with van der Waals surface area (Å²) in [5.41, 5.74) is 1.88. The topological polar surface area (TPSA) is 44.4 Å². The Labute approximate surface area is 122 Å². The minimum absolute atomic E-state index is 0.00358. The average molecular weight is 277 g/mol. The first kappa shape index (κ1) is 16.5. The molecule has 1 aromatic rings. The molecule has 0 aromatic heterocycles. The highest BCUT2D eigenvalue weighted by atomic mass is 16.1. The fraction of sp³-hybridized carbons (Fsp3) is 0.562. The van der Waals surface area contributed by atoms with E-state index in [1.807, 2.05) is 31.3 Å². The predicted octanol–water partition coefficient (Wildman–Crippen LogP) is 2.26. The molecule has 0 aliphatic carbocycles. The molecule has 112 valence electrons. The van der Waals surface area contributed by atoms with Gasteiger partial charge in [0.05, 0.1) is 0 Å². The van der Waals surface area contributed by atoms with Crippen LogP contribution >= 0.6 is 0 Å². The number of rotatable bonds is 9. The lowest BCUT2D eigenvalue weighted by molar-refractivity contribution is 0.0953. The van der Waals surface area contributed by atoms with Crippen LogP contribution in [0.15, 0.2) is 24.3 Å². The quantitative estimate of drug-likeness (QED) is 0.681. The molecule has 0 aliphatic heterocycles. The second-order valence-corrected chi connectivity index (χ2v) is 5.03. The first-order chi connectivity index (χ1) is 9.69. The molecule has 0 unspecified atom stereocenters. The SMILES string of the molecule is CCCCN(C)c1ccc(C(=O)NCCCNC)cc1. The van der Waals surface area contributed by atoms with Crippen LogP contribution in [0, 0.1) is 0 Å². The van der Waals surface area contributed by atoms with Gasteiger partial charge in [-0.2, -0.15) is 0 Å². The van der Waals surface area contributed by atoms with Crippen molar-refractivity contribution in [1.29, 1.82) is 0 Å². The predicted molar refractivity (Wildman–Crippen MR) is 85.5 cm³/mol. The molecule has 2 N–H and O–H groups in total. The van der Waals surface area contributed by atoms with E-state index in [1.54, 1.807) is 0 Å². The van der Waals surface area contributed by atoms with Crippen molar-refractivity contribution in [2.75, 3.05) is 38.6 Å². The molecule has 1 rings (SSSR count). The van der Waals surface area contributed by atoms with Gasteiger partial charge in [0.2, 0.25) is 0 Å². The molecule has 0 radical (unpaired) electrons. The van der Waals surface area contributed by atoms with E-state index in [9.17, 15) is 4.79 Å². The van der Waals surface area contributed by atoms with Gasteiger partial charge < -0.3 is 15.5 Å². The number of hydrogen-bond donors (Lipinski definition) is 2. The number of carbonyl (C=O) groups is 1. The van der Waals surface area contributed by atoms with Crippen LogP contribution in [0.4, 0.5) is 5.69 Å². The average Bonchev–Trinajstić information content (AvgIpc) is 2.49. The molecule has 0 aliphatic rings. The Morgan fingerprint density at radius 1 is 1.15 bits per heavy atom. The Balaban J connectivity index is 2.46. The Morgan fingerprint density at radius 3 is 2.45 bits per heavy atom. The van der Waals surface area contributed by atoms with Crippen LogP contribution in [-0.4, -0.2) is 39.6 Å². The zero-order valence-electron chi connectivity index (χ0n) is 12.9. The number of carbonyl (C=O) groups excluding carboxylic acids is 1. The molecule has 1 amide bonds. The third kappa shape index (κ3) is 5.61. The van der Waals surface area contributed by atoms with Crippen LogP contribution in [0.3, 0.4) is 0 Å². The molecule has 0 heterocycles. The number of amides is 1. The van der Waals surface area contributed by atoms with Gasteiger partial charge in [0.1, 0.15) is 0 Å². The van der Waals surface area contributed by atoms with Gasteiger partial charge in [-0.15, -0.1) is 0 Å². The largest absolute Gasteiger partial charge is 0.375 e. The summed E-state index contributed by atoms with van der Waals surface area (Å²) in [7, 11) is 4.00. The lowest BCUT2D eigenvalue weighted by atomic mass is 10.1. The fourth-order valence-corrected chi connectivity index (χ4v) is 1.96. The van der Waals surface area contributed by atoms with Crippen LogP contribution in [0.25, 0.3) is 0 Å². The molecule has 0 spiro atoms. The zero-order valence-corrected chi connectivity index (χ0v) is 12.9. The van der Waals surface area contributed by atoms with Crippen LogP contribution in [0.1, 0.15) is 36.5 Å². The molecule has 0 fully saturated rings. The van der Waals surface area contributed by atoms with E-state index in [1.165, 1.54) is 12.8 Å². The van der Waals surface area contributed by atoms with Crippen molar-refractivity contribution in [3.8, 4) is 0 Å². The summed E-state index contributed by atoms with van der Waals surface area (Å²) in [5.74, 6) is 0.00358. The van der Waals surface area contributed by atoms with Crippen molar-refractivity contribution < 1.29 is 4.79 Å². The van der Waals surface area contributed by atoms with Crippen LogP contribution in [0.2, 0.25) is 0 Å². The monoisotopic (exact) mass is 277 g/mol. The van der Waals surface area contributed by atoms with E-state index >= 15 is 0 Å². The summed E-state index contributed by atoms with van der Waals surface area (Å²) in [6.07, 6.45) is 3.32. The highest BCUT2D eigenvalue weighted by molar-refractivity contribution is 5.94. The van der Waals surface area contributed by atoms with Gasteiger partial charge in [0.25, 0.3) is 5.91 Å². The number of unbranched alkanes of at least 4 members (excludes halogenated alkanes) is 1. The molecule has 0 saturated carbocycles. The van der Waals surface area contributed by atoms with Crippen molar-refractivity contribution in [3.05, 3.63) is 29.8 Å². The van der Waals surface area contributed by atoms with Crippen molar-refractivity contribution in [1.82, 2.24) is 10.6 Å². The summed E-state index contributed by atoms with van der Waals surface area (Å²) in [6, 6.07) is 7.81. The van der Waals surface area contributed by atoms with E-state index in [2.05, 4.69) is 29.5 Å². The fourth-order valence-electron chi connectivity index (χ4n) is 1.96. The molecule has 0 saturated heterocycles. The maximum Gasteiger partial charge on any atom is 0.251 e. The number of nitrogens with one attached hydrogen (secondary N) is 2. The van der Waals surface area contributed by atoms with E-state index in [0.717, 1.165) is 30.8 Å². The summed E-state index contributed by atoms with van der Waals surface area (Å²) in [6.45, 7) is 4.86. The van der Waals surface area contributed by atoms with Gasteiger partial charge in [-0.3, -0.25) is 4.79 Å². The molecular weight excluding hydrogens is 250 g/mol. The van der Waals surface area contributed by atoms with Gasteiger partial charge in [-0.1, -0.05) is 13.3 Å². The summed E-state index contributed by atoms with van der Waals surface area (Å²) in [4.78, 5) is 14.1. The highest BCUT2D eigenvalue weighted by Gasteiger charge is 2.06. The lowest BCUT2D eigenvalue weighted by Crippen LogP contribution is -2.26. The van der Waals surface area contributed by atoms with E-state index in [-0.39, 0.29) is 5.91 Å². The van der Waals surface area contributed by atoms with Gasteiger partial charge in [-0.05, 0) is 50.7 Å². The van der Waals surface area contributed by atoms with Crippen molar-refractivity contribution in [3.63, 3.8) is 0 Å². The van der Waals surface area contributed by atoms with Crippen molar-refractivity contribution >= 4 is 11.6 Å². The van der Waals surface area contributed by atoms with E-state index in [4.69, 9.17) is 0 Å². The second-order valence-electron chi connectivity index (χ2n) is 5.03. The normalized spacial score (nSPS) is 10.3. The van der Waals surface area contributed by atoms with Crippen LogP contribution in [-0.2, 0) is 0 Å². The molecule has 4 nitrogen and oxygen atoms in total. The second kappa shape index (κ2) is 9.37. The van der Waals surface area contributed by atoms with Crippen LogP contribution in [0.5, 0.6) is 0 Å². The first-order valence-corrected chi connectivity index (χ1v) is 7.43. The molecule has 20 heavy (non-hydrogen) atoms. The number of hydrogen-bond acceptors (Lipinski definition) is 3. The minimum Gasteiger partial charge on any atom is -0.375 e. The molecule has 0 atom stereocenters. The maximum atomic E-state index is 11.9. The summed E-state index contributed by atoms with van der Waals surface area (Å²) in [5, 5.41) is 5.99. The van der Waals surface area contributed by atoms with E-state index in [0.29, 0.717) is 6.54 Å². The zero-order chi connectivity index (χ0) is 14.8. The summed E-state index contributed by atoms with van der Waals surface area (Å²) < 4.78 is 0. The number of anilines is 1. The Morgan fingerprint density at radius 2 is 1.85 bits per heavy atom. The first-order valence-electron chi connectivity index (χ1n) is 7.43. The smallest absolute Gasteiger partial charge is 0.251 e. The third-order valence-electron chi connectivity index (χ3n) is 3.31. The third-order valence-corrected chi connectivity index (χ3v) is 3.31. The molecule has 0 bridgehead atoms. The van der Waals surface area contributed by atoms with E-state index < -0.39 is 0 Å². The van der Waals surface area contributed by atoms with Gasteiger partial charge >= 0.3 is 0 Å². The molecular formula is C16H27N3O.